The van der Waals surface area contributed by atoms with Gasteiger partial charge in [-0.2, -0.15) is 0 Å². The summed E-state index contributed by atoms with van der Waals surface area (Å²) < 4.78 is 17.6. The van der Waals surface area contributed by atoms with Gasteiger partial charge in [-0.15, -0.1) is 0 Å². The Morgan fingerprint density at radius 3 is 2.63 bits per heavy atom. The van der Waals surface area contributed by atoms with Crippen molar-refractivity contribution in [3.8, 4) is 11.5 Å². The van der Waals surface area contributed by atoms with Crippen LogP contribution in [0.4, 0.5) is 5.69 Å². The summed E-state index contributed by atoms with van der Waals surface area (Å²) in [6.07, 6.45) is 0.811. The molecule has 1 N–H and O–H groups in total. The van der Waals surface area contributed by atoms with Gasteiger partial charge in [-0.1, -0.05) is 23.9 Å². The fourth-order valence-electron chi connectivity index (χ4n) is 3.97. The number of hydrogen-bond donors (Lipinski definition) is 1. The Hall–Kier alpha value is -3.08. The van der Waals surface area contributed by atoms with Crippen LogP contribution in [0.15, 0.2) is 52.4 Å². The first-order chi connectivity index (χ1) is 17.1. The highest BCUT2D eigenvalue weighted by atomic mass is 32.2. The lowest BCUT2D eigenvalue weighted by molar-refractivity contribution is -0.113. The number of thioether (sulfide) groups is 1. The minimum absolute atomic E-state index is 0.0830. The van der Waals surface area contributed by atoms with E-state index in [4.69, 9.17) is 19.2 Å². The molecule has 1 aliphatic heterocycles. The van der Waals surface area contributed by atoms with Crippen molar-refractivity contribution in [2.45, 2.75) is 18.1 Å². The number of nitrogens with one attached hydrogen (secondary N) is 1. The van der Waals surface area contributed by atoms with Crippen molar-refractivity contribution in [3.05, 3.63) is 52.8 Å². The molecule has 0 saturated carbocycles. The van der Waals surface area contributed by atoms with Crippen LogP contribution in [0.5, 0.6) is 11.5 Å². The first kappa shape index (κ1) is 25.0. The van der Waals surface area contributed by atoms with Gasteiger partial charge in [-0.25, -0.2) is 4.98 Å². The van der Waals surface area contributed by atoms with E-state index in [-0.39, 0.29) is 17.2 Å². The van der Waals surface area contributed by atoms with Crippen molar-refractivity contribution < 1.29 is 19.0 Å². The van der Waals surface area contributed by atoms with Gasteiger partial charge in [0.2, 0.25) is 5.91 Å². The molecule has 0 bridgehead atoms. The summed E-state index contributed by atoms with van der Waals surface area (Å²) in [5.41, 5.74) is 1.15. The summed E-state index contributed by atoms with van der Waals surface area (Å²) in [4.78, 5) is 33.0. The molecule has 1 aromatic heterocycles. The standard InChI is InChI=1S/C25H30N4O5S/c1-32-21-9-8-18(16-22(21)33-2)26-23(30)17-35-25-27-20-7-4-3-6-19(20)24(31)29(25)11-5-10-28-12-14-34-15-13-28/h3-4,6-9,16H,5,10-15,17H2,1-2H3,(H,26,30). The predicted octanol–water partition coefficient (Wildman–Crippen LogP) is 2.87. The van der Waals surface area contributed by atoms with E-state index in [1.165, 1.54) is 11.8 Å². The SMILES string of the molecule is COc1ccc(NC(=O)CSc2nc3ccccc3c(=O)n2CCCN2CCOCC2)cc1OC. The fourth-order valence-corrected chi connectivity index (χ4v) is 4.80. The number of para-hydroxylation sites is 1. The number of hydrogen-bond acceptors (Lipinski definition) is 8. The number of amides is 1. The first-order valence-electron chi connectivity index (χ1n) is 11.5. The molecule has 1 amide bonds. The Morgan fingerprint density at radius 1 is 1.09 bits per heavy atom. The Balaban J connectivity index is 1.46. The number of rotatable bonds is 10. The molecule has 186 valence electrons. The van der Waals surface area contributed by atoms with Gasteiger partial charge in [-0.3, -0.25) is 19.1 Å². The molecule has 4 rings (SSSR count). The molecule has 0 unspecified atom stereocenters. The molecule has 3 aromatic rings. The van der Waals surface area contributed by atoms with Crippen molar-refractivity contribution in [2.24, 2.45) is 0 Å². The molecule has 10 heteroatoms. The number of aromatic nitrogens is 2. The van der Waals surface area contributed by atoms with Gasteiger partial charge in [0, 0.05) is 37.9 Å². The highest BCUT2D eigenvalue weighted by Gasteiger charge is 2.15. The number of morpholine rings is 1. The van der Waals surface area contributed by atoms with Gasteiger partial charge in [0.15, 0.2) is 16.7 Å². The largest absolute Gasteiger partial charge is 0.493 e. The van der Waals surface area contributed by atoms with Gasteiger partial charge in [0.25, 0.3) is 5.56 Å². The average Bonchev–Trinajstić information content (AvgIpc) is 2.89. The lowest BCUT2D eigenvalue weighted by atomic mass is 10.2. The molecule has 2 aromatic carbocycles. The van der Waals surface area contributed by atoms with Crippen molar-refractivity contribution in [2.75, 3.05) is 58.1 Å². The molecule has 0 spiro atoms. The van der Waals surface area contributed by atoms with E-state index in [0.717, 1.165) is 39.3 Å². The number of anilines is 1. The highest BCUT2D eigenvalue weighted by Crippen LogP contribution is 2.30. The number of carbonyl (C=O) groups is 1. The summed E-state index contributed by atoms with van der Waals surface area (Å²) in [6.45, 7) is 4.72. The molecule has 35 heavy (non-hydrogen) atoms. The zero-order valence-electron chi connectivity index (χ0n) is 20.0. The second-order valence-corrected chi connectivity index (χ2v) is 9.02. The number of fused-ring (bicyclic) bond motifs is 1. The summed E-state index contributed by atoms with van der Waals surface area (Å²) >= 11 is 1.26. The molecule has 9 nitrogen and oxygen atoms in total. The van der Waals surface area contributed by atoms with Gasteiger partial charge in [0.05, 0.1) is 44.1 Å². The van der Waals surface area contributed by atoms with Crippen LogP contribution in [0.25, 0.3) is 10.9 Å². The van der Waals surface area contributed by atoms with E-state index in [0.29, 0.717) is 39.8 Å². The Bertz CT molecular complexity index is 1230. The van der Waals surface area contributed by atoms with E-state index < -0.39 is 0 Å². The summed E-state index contributed by atoms with van der Waals surface area (Å²) in [7, 11) is 3.10. The van der Waals surface area contributed by atoms with Crippen molar-refractivity contribution >= 4 is 34.3 Å². The summed E-state index contributed by atoms with van der Waals surface area (Å²) in [5.74, 6) is 1.02. The van der Waals surface area contributed by atoms with Crippen LogP contribution in [0.1, 0.15) is 6.42 Å². The molecule has 1 aliphatic rings. The van der Waals surface area contributed by atoms with E-state index >= 15 is 0 Å². The fraction of sp³-hybridized carbons (Fsp3) is 0.400. The van der Waals surface area contributed by atoms with Crippen molar-refractivity contribution in [1.82, 2.24) is 14.5 Å². The third-order valence-corrected chi connectivity index (χ3v) is 6.76. The number of ether oxygens (including phenoxy) is 3. The number of benzene rings is 2. The molecule has 1 saturated heterocycles. The molecule has 2 heterocycles. The van der Waals surface area contributed by atoms with Crippen LogP contribution in [0, 0.1) is 0 Å². The van der Waals surface area contributed by atoms with Crippen LogP contribution >= 0.6 is 11.8 Å². The lowest BCUT2D eigenvalue weighted by Crippen LogP contribution is -2.37. The summed E-state index contributed by atoms with van der Waals surface area (Å²) in [6, 6.07) is 12.5. The lowest BCUT2D eigenvalue weighted by Gasteiger charge is -2.26. The molecular weight excluding hydrogens is 468 g/mol. The molecule has 0 aliphatic carbocycles. The highest BCUT2D eigenvalue weighted by molar-refractivity contribution is 7.99. The zero-order chi connectivity index (χ0) is 24.6. The molecule has 0 radical (unpaired) electrons. The second kappa shape index (κ2) is 12.1. The number of methoxy groups -OCH3 is 2. The topological polar surface area (TPSA) is 94.9 Å². The smallest absolute Gasteiger partial charge is 0.262 e. The van der Waals surface area contributed by atoms with E-state index in [1.54, 1.807) is 43.1 Å². The van der Waals surface area contributed by atoms with Gasteiger partial charge in [0.1, 0.15) is 0 Å². The van der Waals surface area contributed by atoms with Crippen molar-refractivity contribution in [3.63, 3.8) is 0 Å². The summed E-state index contributed by atoms with van der Waals surface area (Å²) in [5, 5.41) is 3.99. The normalized spacial score (nSPS) is 14.1. The Morgan fingerprint density at radius 2 is 1.86 bits per heavy atom. The van der Waals surface area contributed by atoms with Crippen molar-refractivity contribution in [1.29, 1.82) is 0 Å². The average molecular weight is 499 g/mol. The van der Waals surface area contributed by atoms with Gasteiger partial charge in [-0.05, 0) is 30.7 Å². The maximum atomic E-state index is 13.2. The first-order valence-corrected chi connectivity index (χ1v) is 12.5. The minimum atomic E-state index is -0.204. The number of carbonyl (C=O) groups excluding carboxylic acids is 1. The van der Waals surface area contributed by atoms with Gasteiger partial charge < -0.3 is 19.5 Å². The monoisotopic (exact) mass is 498 g/mol. The van der Waals surface area contributed by atoms with E-state index in [9.17, 15) is 9.59 Å². The van der Waals surface area contributed by atoms with Crippen LogP contribution in [0.2, 0.25) is 0 Å². The number of nitrogens with zero attached hydrogens (tertiary/aromatic N) is 3. The van der Waals surface area contributed by atoms with E-state index in [2.05, 4.69) is 10.2 Å². The van der Waals surface area contributed by atoms with Crippen LogP contribution in [-0.4, -0.2) is 73.2 Å². The van der Waals surface area contributed by atoms with Crippen LogP contribution in [-0.2, 0) is 16.1 Å². The maximum Gasteiger partial charge on any atom is 0.262 e. The van der Waals surface area contributed by atoms with Crippen LogP contribution in [0.3, 0.4) is 0 Å². The predicted molar refractivity (Wildman–Crippen MR) is 137 cm³/mol. The molecule has 0 atom stereocenters. The maximum absolute atomic E-state index is 13.2. The second-order valence-electron chi connectivity index (χ2n) is 8.08. The van der Waals surface area contributed by atoms with Gasteiger partial charge >= 0.3 is 0 Å². The molecule has 1 fully saturated rings. The third-order valence-electron chi connectivity index (χ3n) is 5.79. The Labute approximate surface area is 208 Å². The molecular formula is C25H30N4O5S. The minimum Gasteiger partial charge on any atom is -0.493 e. The quantitative estimate of drug-likeness (QED) is 0.337. The van der Waals surface area contributed by atoms with E-state index in [1.807, 2.05) is 18.2 Å². The third kappa shape index (κ3) is 6.33. The Kier molecular flexibility index (Phi) is 8.62. The zero-order valence-corrected chi connectivity index (χ0v) is 20.8. The van der Waals surface area contributed by atoms with Crippen LogP contribution < -0.4 is 20.3 Å².